The summed E-state index contributed by atoms with van der Waals surface area (Å²) in [4.78, 5) is 2.44. The van der Waals surface area contributed by atoms with Crippen LogP contribution >= 0.6 is 0 Å². The molecule has 2 heterocycles. The third kappa shape index (κ3) is 3.04. The first-order valence-electron chi connectivity index (χ1n) is 7.57. The van der Waals surface area contributed by atoms with Crippen molar-refractivity contribution in [1.82, 2.24) is 4.90 Å². The Morgan fingerprint density at radius 1 is 1.20 bits per heavy atom. The maximum Gasteiger partial charge on any atom is 0.181 e. The van der Waals surface area contributed by atoms with E-state index in [4.69, 9.17) is 15.2 Å². The van der Waals surface area contributed by atoms with Gasteiger partial charge >= 0.3 is 0 Å². The zero-order chi connectivity index (χ0) is 13.8. The van der Waals surface area contributed by atoms with E-state index in [-0.39, 0.29) is 5.79 Å². The molecule has 2 aliphatic rings. The summed E-state index contributed by atoms with van der Waals surface area (Å²) >= 11 is 0. The van der Waals surface area contributed by atoms with Gasteiger partial charge in [-0.15, -0.1) is 0 Å². The summed E-state index contributed by atoms with van der Waals surface area (Å²) in [5.74, 6) is 0.0430. The smallest absolute Gasteiger partial charge is 0.181 e. The highest BCUT2D eigenvalue weighted by molar-refractivity contribution is 5.20. The Morgan fingerprint density at radius 3 is 2.65 bits per heavy atom. The van der Waals surface area contributed by atoms with Crippen LogP contribution in [-0.4, -0.2) is 50.1 Å². The monoisotopic (exact) mass is 276 g/mol. The number of hydrogen-bond donors (Lipinski definition) is 1. The van der Waals surface area contributed by atoms with Crippen molar-refractivity contribution in [3.63, 3.8) is 0 Å². The highest BCUT2D eigenvalue weighted by atomic mass is 16.7. The summed E-state index contributed by atoms with van der Waals surface area (Å²) in [6.45, 7) is 5.10. The van der Waals surface area contributed by atoms with Gasteiger partial charge in [0, 0.05) is 25.4 Å². The lowest BCUT2D eigenvalue weighted by atomic mass is 9.96. The van der Waals surface area contributed by atoms with Gasteiger partial charge in [0.2, 0.25) is 0 Å². The number of likely N-dealkylation sites (tertiary alicyclic amines) is 1. The molecule has 3 rings (SSSR count). The fourth-order valence-corrected chi connectivity index (χ4v) is 3.31. The van der Waals surface area contributed by atoms with Gasteiger partial charge in [-0.1, -0.05) is 30.3 Å². The molecule has 0 amide bonds. The standard InChI is InChI=1S/C16H24N2O2/c17-11-15(14-5-2-1-3-6-14)12-18-8-4-7-16(13-18)19-9-10-20-16/h1-3,5-6,15H,4,7-13,17H2. The predicted octanol–water partition coefficient (Wildman–Crippen LogP) is 1.57. The van der Waals surface area contributed by atoms with E-state index in [0.717, 1.165) is 45.7 Å². The number of nitrogens with two attached hydrogens (primary N) is 1. The molecule has 1 unspecified atom stereocenters. The SMILES string of the molecule is NCC(CN1CCCC2(C1)OCCO2)c1ccccc1. The Kier molecular flexibility index (Phi) is 4.36. The Morgan fingerprint density at radius 2 is 1.95 bits per heavy atom. The van der Waals surface area contributed by atoms with Crippen molar-refractivity contribution in [2.45, 2.75) is 24.5 Å². The molecular formula is C16H24N2O2. The van der Waals surface area contributed by atoms with Crippen molar-refractivity contribution in [1.29, 1.82) is 0 Å². The van der Waals surface area contributed by atoms with E-state index in [2.05, 4.69) is 29.2 Å². The first-order valence-corrected chi connectivity index (χ1v) is 7.57. The molecule has 0 aliphatic carbocycles. The fourth-order valence-electron chi connectivity index (χ4n) is 3.31. The normalized spacial score (nSPS) is 24.1. The van der Waals surface area contributed by atoms with E-state index in [0.29, 0.717) is 12.5 Å². The van der Waals surface area contributed by atoms with E-state index in [1.807, 2.05) is 6.07 Å². The lowest BCUT2D eigenvalue weighted by molar-refractivity contribution is -0.189. The second kappa shape index (κ2) is 6.22. The Bertz CT molecular complexity index is 418. The third-order valence-electron chi connectivity index (χ3n) is 4.34. The van der Waals surface area contributed by atoms with Crippen LogP contribution < -0.4 is 5.73 Å². The molecule has 0 bridgehead atoms. The lowest BCUT2D eigenvalue weighted by Gasteiger charge is -2.39. The zero-order valence-corrected chi connectivity index (χ0v) is 12.0. The van der Waals surface area contributed by atoms with Crippen molar-refractivity contribution in [3.8, 4) is 0 Å². The minimum atomic E-state index is -0.339. The quantitative estimate of drug-likeness (QED) is 0.907. The molecule has 0 radical (unpaired) electrons. The van der Waals surface area contributed by atoms with Crippen LogP contribution in [0.2, 0.25) is 0 Å². The number of hydrogen-bond acceptors (Lipinski definition) is 4. The lowest BCUT2D eigenvalue weighted by Crippen LogP contribution is -2.50. The Labute approximate surface area is 120 Å². The molecule has 1 aromatic rings. The molecule has 1 spiro atoms. The van der Waals surface area contributed by atoms with E-state index < -0.39 is 0 Å². The highest BCUT2D eigenvalue weighted by Crippen LogP contribution is 2.31. The molecule has 1 atom stereocenters. The van der Waals surface area contributed by atoms with E-state index in [1.165, 1.54) is 5.56 Å². The summed E-state index contributed by atoms with van der Waals surface area (Å²) in [6.07, 6.45) is 2.15. The van der Waals surface area contributed by atoms with Gasteiger partial charge < -0.3 is 15.2 Å². The van der Waals surface area contributed by atoms with Gasteiger partial charge in [0.1, 0.15) is 0 Å². The van der Waals surface area contributed by atoms with Gasteiger partial charge in [0.15, 0.2) is 5.79 Å². The van der Waals surface area contributed by atoms with Crippen LogP contribution in [0.4, 0.5) is 0 Å². The molecule has 2 N–H and O–H groups in total. The molecule has 4 nitrogen and oxygen atoms in total. The predicted molar refractivity (Wildman–Crippen MR) is 78.5 cm³/mol. The maximum absolute atomic E-state index is 5.98. The minimum absolute atomic E-state index is 0.339. The summed E-state index contributed by atoms with van der Waals surface area (Å²) < 4.78 is 11.7. The highest BCUT2D eigenvalue weighted by Gasteiger charge is 2.40. The molecule has 4 heteroatoms. The third-order valence-corrected chi connectivity index (χ3v) is 4.34. The number of ether oxygens (including phenoxy) is 2. The van der Waals surface area contributed by atoms with Crippen molar-refractivity contribution >= 4 is 0 Å². The van der Waals surface area contributed by atoms with Crippen LogP contribution in [-0.2, 0) is 9.47 Å². The van der Waals surface area contributed by atoms with E-state index in [9.17, 15) is 0 Å². The van der Waals surface area contributed by atoms with E-state index >= 15 is 0 Å². The van der Waals surface area contributed by atoms with Gasteiger partial charge in [0.05, 0.1) is 19.8 Å². The Balaban J connectivity index is 1.64. The van der Waals surface area contributed by atoms with Crippen molar-refractivity contribution in [2.24, 2.45) is 5.73 Å². The molecule has 1 aromatic carbocycles. The number of nitrogens with zero attached hydrogens (tertiary/aromatic N) is 1. The number of rotatable bonds is 4. The average molecular weight is 276 g/mol. The van der Waals surface area contributed by atoms with Gasteiger partial charge in [-0.05, 0) is 18.5 Å². The van der Waals surface area contributed by atoms with Gasteiger partial charge in [-0.2, -0.15) is 0 Å². The minimum Gasteiger partial charge on any atom is -0.346 e. The first kappa shape index (κ1) is 14.0. The van der Waals surface area contributed by atoms with Crippen LogP contribution in [0.15, 0.2) is 30.3 Å². The van der Waals surface area contributed by atoms with Crippen LogP contribution in [0.25, 0.3) is 0 Å². The summed E-state index contributed by atoms with van der Waals surface area (Å²) in [5.41, 5.74) is 7.30. The molecular weight excluding hydrogens is 252 g/mol. The fraction of sp³-hybridized carbons (Fsp3) is 0.625. The summed E-state index contributed by atoms with van der Waals surface area (Å²) in [7, 11) is 0. The van der Waals surface area contributed by atoms with Crippen LogP contribution in [0.5, 0.6) is 0 Å². The Hall–Kier alpha value is -0.940. The molecule has 0 aromatic heterocycles. The van der Waals surface area contributed by atoms with Crippen LogP contribution in [0.3, 0.4) is 0 Å². The van der Waals surface area contributed by atoms with Gasteiger partial charge in [0.25, 0.3) is 0 Å². The summed E-state index contributed by atoms with van der Waals surface area (Å²) in [5, 5.41) is 0. The van der Waals surface area contributed by atoms with Gasteiger partial charge in [-0.25, -0.2) is 0 Å². The zero-order valence-electron chi connectivity index (χ0n) is 12.0. The molecule has 0 saturated carbocycles. The second-order valence-electron chi connectivity index (χ2n) is 5.79. The van der Waals surface area contributed by atoms with E-state index in [1.54, 1.807) is 0 Å². The average Bonchev–Trinajstić information content (AvgIpc) is 2.93. The van der Waals surface area contributed by atoms with Crippen LogP contribution in [0, 0.1) is 0 Å². The molecule has 20 heavy (non-hydrogen) atoms. The van der Waals surface area contributed by atoms with Crippen molar-refractivity contribution < 1.29 is 9.47 Å². The second-order valence-corrected chi connectivity index (χ2v) is 5.79. The molecule has 2 saturated heterocycles. The number of benzene rings is 1. The molecule has 110 valence electrons. The molecule has 2 aliphatic heterocycles. The summed E-state index contributed by atoms with van der Waals surface area (Å²) in [6, 6.07) is 10.5. The molecule has 2 fully saturated rings. The number of piperidine rings is 1. The van der Waals surface area contributed by atoms with Crippen LogP contribution in [0.1, 0.15) is 24.3 Å². The van der Waals surface area contributed by atoms with Crippen molar-refractivity contribution in [2.75, 3.05) is 39.4 Å². The first-order chi connectivity index (χ1) is 9.81. The van der Waals surface area contributed by atoms with Crippen molar-refractivity contribution in [3.05, 3.63) is 35.9 Å². The maximum atomic E-state index is 5.98. The largest absolute Gasteiger partial charge is 0.346 e. The van der Waals surface area contributed by atoms with Gasteiger partial charge in [-0.3, -0.25) is 4.90 Å². The topological polar surface area (TPSA) is 47.7 Å².